The van der Waals surface area contributed by atoms with Crippen LogP contribution in [0.1, 0.15) is 58.3 Å². The van der Waals surface area contributed by atoms with Crippen molar-refractivity contribution in [3.8, 4) is 0 Å². The zero-order valence-electron chi connectivity index (χ0n) is 13.2. The summed E-state index contributed by atoms with van der Waals surface area (Å²) < 4.78 is 5.77. The van der Waals surface area contributed by atoms with Crippen LogP contribution in [0.3, 0.4) is 0 Å². The molecule has 0 radical (unpaired) electrons. The molecule has 0 bridgehead atoms. The molecule has 0 aromatic heterocycles. The zero-order valence-corrected chi connectivity index (χ0v) is 13.2. The molecule has 2 aliphatic heterocycles. The Hall–Kier alpha value is -0.120. The highest BCUT2D eigenvalue weighted by Gasteiger charge is 2.32. The van der Waals surface area contributed by atoms with Crippen molar-refractivity contribution in [3.05, 3.63) is 0 Å². The van der Waals surface area contributed by atoms with E-state index in [0.717, 1.165) is 25.1 Å². The molecule has 3 heteroatoms. The topological polar surface area (TPSA) is 24.5 Å². The van der Waals surface area contributed by atoms with E-state index in [2.05, 4.69) is 17.1 Å². The van der Waals surface area contributed by atoms with Crippen molar-refractivity contribution in [1.29, 1.82) is 0 Å². The first kappa shape index (κ1) is 14.8. The minimum absolute atomic E-state index is 0.457. The molecule has 1 aliphatic carbocycles. The average Bonchev–Trinajstić information content (AvgIpc) is 3.02. The third kappa shape index (κ3) is 3.55. The number of ether oxygens (including phenoxy) is 1. The van der Waals surface area contributed by atoms with Crippen molar-refractivity contribution in [3.63, 3.8) is 0 Å². The molecule has 4 unspecified atom stereocenters. The molecular weight excluding hydrogens is 248 g/mol. The SMILES string of the molecule is CC(NCCN1CCCC2CCCCC21)C1CCCO1. The maximum absolute atomic E-state index is 5.77. The number of likely N-dealkylation sites (tertiary alicyclic amines) is 1. The highest BCUT2D eigenvalue weighted by Crippen LogP contribution is 2.34. The second kappa shape index (κ2) is 7.24. The normalized spacial score (nSPS) is 36.8. The molecule has 0 spiro atoms. The van der Waals surface area contributed by atoms with Gasteiger partial charge in [-0.3, -0.25) is 4.90 Å². The third-order valence-corrected chi connectivity index (χ3v) is 5.75. The van der Waals surface area contributed by atoms with Crippen molar-refractivity contribution < 1.29 is 4.74 Å². The van der Waals surface area contributed by atoms with Crippen LogP contribution in [0.5, 0.6) is 0 Å². The van der Waals surface area contributed by atoms with Crippen molar-refractivity contribution in [2.45, 2.75) is 76.5 Å². The van der Waals surface area contributed by atoms with Crippen LogP contribution >= 0.6 is 0 Å². The van der Waals surface area contributed by atoms with E-state index in [1.807, 2.05) is 0 Å². The van der Waals surface area contributed by atoms with Crippen LogP contribution in [0.25, 0.3) is 0 Å². The Bertz CT molecular complexity index is 289. The quantitative estimate of drug-likeness (QED) is 0.838. The summed E-state index contributed by atoms with van der Waals surface area (Å²) in [4.78, 5) is 2.78. The summed E-state index contributed by atoms with van der Waals surface area (Å²) in [7, 11) is 0. The summed E-state index contributed by atoms with van der Waals surface area (Å²) in [5.74, 6) is 1.01. The van der Waals surface area contributed by atoms with Gasteiger partial charge in [0, 0.05) is 31.8 Å². The molecule has 1 N–H and O–H groups in total. The third-order valence-electron chi connectivity index (χ3n) is 5.75. The second-order valence-corrected chi connectivity index (χ2v) is 7.08. The first-order valence-corrected chi connectivity index (χ1v) is 8.93. The molecule has 2 heterocycles. The van der Waals surface area contributed by atoms with Gasteiger partial charge in [0.25, 0.3) is 0 Å². The highest BCUT2D eigenvalue weighted by atomic mass is 16.5. The molecule has 3 aliphatic rings. The minimum atomic E-state index is 0.457. The van der Waals surface area contributed by atoms with Crippen LogP contribution in [0.2, 0.25) is 0 Å². The lowest BCUT2D eigenvalue weighted by atomic mass is 9.78. The summed E-state index contributed by atoms with van der Waals surface area (Å²) in [5.41, 5.74) is 0. The van der Waals surface area contributed by atoms with Crippen LogP contribution in [-0.4, -0.2) is 49.3 Å². The fourth-order valence-corrected chi connectivity index (χ4v) is 4.57. The van der Waals surface area contributed by atoms with Gasteiger partial charge in [0.15, 0.2) is 0 Å². The van der Waals surface area contributed by atoms with Gasteiger partial charge in [-0.25, -0.2) is 0 Å². The first-order valence-electron chi connectivity index (χ1n) is 8.93. The van der Waals surface area contributed by atoms with Crippen LogP contribution in [0.4, 0.5) is 0 Å². The van der Waals surface area contributed by atoms with Gasteiger partial charge in [-0.1, -0.05) is 12.8 Å². The molecular formula is C17H32N2O. The summed E-state index contributed by atoms with van der Waals surface area (Å²) in [5, 5.41) is 3.70. The molecule has 2 saturated heterocycles. The second-order valence-electron chi connectivity index (χ2n) is 7.08. The zero-order chi connectivity index (χ0) is 13.8. The average molecular weight is 280 g/mol. The fraction of sp³-hybridized carbons (Fsp3) is 1.00. The van der Waals surface area contributed by atoms with Gasteiger partial charge in [-0.2, -0.15) is 0 Å². The summed E-state index contributed by atoms with van der Waals surface area (Å²) in [6.07, 6.45) is 11.7. The van der Waals surface area contributed by atoms with E-state index in [-0.39, 0.29) is 0 Å². The molecule has 0 amide bonds. The van der Waals surface area contributed by atoms with Gasteiger partial charge in [0.05, 0.1) is 6.10 Å². The predicted molar refractivity (Wildman–Crippen MR) is 83.0 cm³/mol. The number of hydrogen-bond donors (Lipinski definition) is 1. The number of hydrogen-bond acceptors (Lipinski definition) is 3. The van der Waals surface area contributed by atoms with E-state index >= 15 is 0 Å². The number of fused-ring (bicyclic) bond motifs is 1. The van der Waals surface area contributed by atoms with E-state index < -0.39 is 0 Å². The lowest BCUT2D eigenvalue weighted by Crippen LogP contribution is -2.50. The van der Waals surface area contributed by atoms with E-state index in [0.29, 0.717) is 12.1 Å². The lowest BCUT2D eigenvalue weighted by Gasteiger charge is -2.44. The predicted octanol–water partition coefficient (Wildman–Crippen LogP) is 2.80. The van der Waals surface area contributed by atoms with Crippen LogP contribution in [0, 0.1) is 5.92 Å². The van der Waals surface area contributed by atoms with Gasteiger partial charge in [-0.15, -0.1) is 0 Å². The van der Waals surface area contributed by atoms with Crippen molar-refractivity contribution in [2.75, 3.05) is 26.2 Å². The standard InChI is InChI=1S/C17H32N2O/c1-14(17-9-5-13-20-17)18-10-12-19-11-4-7-15-6-2-3-8-16(15)19/h14-18H,2-13H2,1H3. The Labute approximate surface area is 124 Å². The van der Waals surface area contributed by atoms with Gasteiger partial charge >= 0.3 is 0 Å². The number of rotatable bonds is 5. The van der Waals surface area contributed by atoms with Crippen molar-refractivity contribution in [1.82, 2.24) is 10.2 Å². The van der Waals surface area contributed by atoms with Crippen LogP contribution in [0.15, 0.2) is 0 Å². The molecule has 20 heavy (non-hydrogen) atoms. The largest absolute Gasteiger partial charge is 0.377 e. The number of nitrogens with one attached hydrogen (secondary N) is 1. The monoisotopic (exact) mass is 280 g/mol. The Kier molecular flexibility index (Phi) is 5.36. The lowest BCUT2D eigenvalue weighted by molar-refractivity contribution is 0.0556. The minimum Gasteiger partial charge on any atom is -0.377 e. The maximum atomic E-state index is 5.77. The van der Waals surface area contributed by atoms with E-state index in [1.54, 1.807) is 0 Å². The van der Waals surface area contributed by atoms with Gasteiger partial charge in [0.1, 0.15) is 0 Å². The molecule has 0 aromatic rings. The van der Waals surface area contributed by atoms with E-state index in [9.17, 15) is 0 Å². The molecule has 0 aromatic carbocycles. The Balaban J connectivity index is 1.40. The maximum Gasteiger partial charge on any atom is 0.0726 e. The van der Waals surface area contributed by atoms with Crippen LogP contribution in [-0.2, 0) is 4.74 Å². The summed E-state index contributed by atoms with van der Waals surface area (Å²) in [6, 6.07) is 1.42. The fourth-order valence-electron chi connectivity index (χ4n) is 4.57. The Morgan fingerprint density at radius 3 is 2.80 bits per heavy atom. The van der Waals surface area contributed by atoms with Crippen molar-refractivity contribution >= 4 is 0 Å². The van der Waals surface area contributed by atoms with E-state index in [1.165, 1.54) is 64.5 Å². The molecule has 3 nitrogen and oxygen atoms in total. The molecule has 3 rings (SSSR count). The van der Waals surface area contributed by atoms with Crippen molar-refractivity contribution in [2.24, 2.45) is 5.92 Å². The number of piperidine rings is 1. The highest BCUT2D eigenvalue weighted by molar-refractivity contribution is 4.87. The molecule has 1 saturated carbocycles. The van der Waals surface area contributed by atoms with Gasteiger partial charge in [0.2, 0.25) is 0 Å². The van der Waals surface area contributed by atoms with Crippen LogP contribution < -0.4 is 5.32 Å². The summed E-state index contributed by atoms with van der Waals surface area (Å²) >= 11 is 0. The Morgan fingerprint density at radius 2 is 1.95 bits per heavy atom. The van der Waals surface area contributed by atoms with Gasteiger partial charge in [-0.05, 0) is 57.9 Å². The molecule has 3 fully saturated rings. The Morgan fingerprint density at radius 1 is 1.10 bits per heavy atom. The summed E-state index contributed by atoms with van der Waals surface area (Å²) in [6.45, 7) is 6.95. The van der Waals surface area contributed by atoms with E-state index in [4.69, 9.17) is 4.74 Å². The number of nitrogens with zero attached hydrogens (tertiary/aromatic N) is 1. The first-order chi connectivity index (χ1) is 9.84. The smallest absolute Gasteiger partial charge is 0.0726 e. The molecule has 116 valence electrons. The molecule has 4 atom stereocenters. The van der Waals surface area contributed by atoms with Gasteiger partial charge < -0.3 is 10.1 Å².